The van der Waals surface area contributed by atoms with Crippen LogP contribution in [0.15, 0.2) is 0 Å². The van der Waals surface area contributed by atoms with Crippen LogP contribution in [0.5, 0.6) is 0 Å². The first-order valence-corrected chi connectivity index (χ1v) is 2.66. The number of rotatable bonds is 3. The van der Waals surface area contributed by atoms with Crippen LogP contribution in [-0.2, 0) is 0 Å². The van der Waals surface area contributed by atoms with E-state index in [0.29, 0.717) is 0 Å². The summed E-state index contributed by atoms with van der Waals surface area (Å²) in [6.45, 7) is 0.999. The molecule has 0 amide bonds. The molecule has 0 rings (SSSR count). The zero-order chi connectivity index (χ0) is 7.49. The predicted octanol–water partition coefficient (Wildman–Crippen LogP) is 0.222. The Labute approximate surface area is 52.9 Å². The minimum absolute atomic E-state index is 0.0926. The van der Waals surface area contributed by atoms with Gasteiger partial charge in [0.05, 0.1) is 0 Å². The molecule has 0 aliphatic heterocycles. The SMILES string of the molecule is CNCC(C)(O)C(F)F. The van der Waals surface area contributed by atoms with Gasteiger partial charge >= 0.3 is 0 Å². The molecule has 0 aliphatic rings. The Morgan fingerprint density at radius 2 is 2.11 bits per heavy atom. The Balaban J connectivity index is 3.70. The molecule has 0 spiro atoms. The van der Waals surface area contributed by atoms with E-state index < -0.39 is 12.0 Å². The van der Waals surface area contributed by atoms with Gasteiger partial charge in [0.25, 0.3) is 6.43 Å². The van der Waals surface area contributed by atoms with Crippen molar-refractivity contribution in [3.05, 3.63) is 0 Å². The van der Waals surface area contributed by atoms with Gasteiger partial charge in [-0.1, -0.05) is 0 Å². The quantitative estimate of drug-likeness (QED) is 0.586. The Bertz CT molecular complexity index is 85.0. The largest absolute Gasteiger partial charge is 0.383 e. The van der Waals surface area contributed by atoms with Crippen LogP contribution in [0, 0.1) is 0 Å². The van der Waals surface area contributed by atoms with Crippen LogP contribution in [-0.4, -0.2) is 30.7 Å². The molecule has 2 N–H and O–H groups in total. The van der Waals surface area contributed by atoms with E-state index >= 15 is 0 Å². The summed E-state index contributed by atoms with van der Waals surface area (Å²) in [5.74, 6) is 0. The lowest BCUT2D eigenvalue weighted by Gasteiger charge is -2.20. The molecule has 9 heavy (non-hydrogen) atoms. The molecule has 0 saturated carbocycles. The van der Waals surface area contributed by atoms with Gasteiger partial charge in [0.15, 0.2) is 0 Å². The van der Waals surface area contributed by atoms with E-state index in [9.17, 15) is 8.78 Å². The van der Waals surface area contributed by atoms with Crippen LogP contribution in [0.25, 0.3) is 0 Å². The van der Waals surface area contributed by atoms with E-state index in [1.165, 1.54) is 7.05 Å². The highest BCUT2D eigenvalue weighted by Crippen LogP contribution is 2.12. The standard InChI is InChI=1S/C5H11F2NO/c1-5(9,3-8-2)4(6)7/h4,8-9H,3H2,1-2H3. The average molecular weight is 139 g/mol. The summed E-state index contributed by atoms with van der Waals surface area (Å²) >= 11 is 0. The van der Waals surface area contributed by atoms with Crippen LogP contribution < -0.4 is 5.32 Å². The monoisotopic (exact) mass is 139 g/mol. The molecule has 0 aromatic heterocycles. The Morgan fingerprint density at radius 3 is 2.22 bits per heavy atom. The molecule has 1 atom stereocenters. The fraction of sp³-hybridized carbons (Fsp3) is 1.00. The molecule has 0 radical (unpaired) electrons. The lowest BCUT2D eigenvalue weighted by Crippen LogP contribution is -2.42. The number of halogens is 2. The van der Waals surface area contributed by atoms with Crippen LogP contribution in [0.3, 0.4) is 0 Å². The van der Waals surface area contributed by atoms with Crippen molar-refractivity contribution in [1.29, 1.82) is 0 Å². The third-order valence-electron chi connectivity index (χ3n) is 1.00. The first kappa shape index (κ1) is 8.78. The maximum Gasteiger partial charge on any atom is 0.267 e. The molecule has 0 aromatic rings. The minimum atomic E-state index is -2.69. The van der Waals surface area contributed by atoms with Crippen molar-refractivity contribution in [2.24, 2.45) is 0 Å². The first-order chi connectivity index (χ1) is 4.00. The van der Waals surface area contributed by atoms with Crippen molar-refractivity contribution in [3.8, 4) is 0 Å². The lowest BCUT2D eigenvalue weighted by molar-refractivity contribution is -0.0798. The van der Waals surface area contributed by atoms with Gasteiger partial charge in [-0.25, -0.2) is 8.78 Å². The second kappa shape index (κ2) is 3.08. The molecule has 0 bridgehead atoms. The molecule has 0 heterocycles. The van der Waals surface area contributed by atoms with E-state index in [1.807, 2.05) is 0 Å². The van der Waals surface area contributed by atoms with Crippen LogP contribution in [0.1, 0.15) is 6.92 Å². The van der Waals surface area contributed by atoms with Crippen molar-refractivity contribution in [3.63, 3.8) is 0 Å². The third-order valence-corrected chi connectivity index (χ3v) is 1.00. The molecule has 1 unspecified atom stereocenters. The van der Waals surface area contributed by atoms with Crippen molar-refractivity contribution >= 4 is 0 Å². The number of hydrogen-bond acceptors (Lipinski definition) is 2. The molecule has 0 aliphatic carbocycles. The molecule has 0 fully saturated rings. The summed E-state index contributed by atoms with van der Waals surface area (Å²) in [6.07, 6.45) is -2.69. The van der Waals surface area contributed by atoms with E-state index in [2.05, 4.69) is 5.32 Å². The van der Waals surface area contributed by atoms with Crippen LogP contribution in [0.2, 0.25) is 0 Å². The van der Waals surface area contributed by atoms with Gasteiger partial charge in [0, 0.05) is 6.54 Å². The minimum Gasteiger partial charge on any atom is -0.383 e. The van der Waals surface area contributed by atoms with Crippen molar-refractivity contribution in [2.45, 2.75) is 19.0 Å². The Hall–Kier alpha value is -0.220. The average Bonchev–Trinajstić information content (AvgIpc) is 1.65. The lowest BCUT2D eigenvalue weighted by atomic mass is 10.1. The highest BCUT2D eigenvalue weighted by Gasteiger charge is 2.30. The Morgan fingerprint density at radius 1 is 1.67 bits per heavy atom. The van der Waals surface area contributed by atoms with Gasteiger partial charge in [0.1, 0.15) is 5.60 Å². The molecule has 2 nitrogen and oxygen atoms in total. The molecule has 0 saturated heterocycles. The smallest absolute Gasteiger partial charge is 0.267 e. The summed E-state index contributed by atoms with van der Waals surface area (Å²) in [5.41, 5.74) is -1.89. The van der Waals surface area contributed by atoms with E-state index in [4.69, 9.17) is 5.11 Å². The number of alkyl halides is 2. The van der Waals surface area contributed by atoms with Crippen molar-refractivity contribution in [2.75, 3.05) is 13.6 Å². The van der Waals surface area contributed by atoms with Crippen LogP contribution in [0.4, 0.5) is 8.78 Å². The van der Waals surface area contributed by atoms with Gasteiger partial charge in [-0.3, -0.25) is 0 Å². The maximum absolute atomic E-state index is 11.7. The van der Waals surface area contributed by atoms with Gasteiger partial charge in [-0.05, 0) is 14.0 Å². The molecule has 4 heteroatoms. The van der Waals surface area contributed by atoms with Gasteiger partial charge in [0.2, 0.25) is 0 Å². The van der Waals surface area contributed by atoms with Gasteiger partial charge in [-0.15, -0.1) is 0 Å². The topological polar surface area (TPSA) is 32.3 Å². The predicted molar refractivity (Wildman–Crippen MR) is 30.6 cm³/mol. The number of hydrogen-bond donors (Lipinski definition) is 2. The second-order valence-corrected chi connectivity index (χ2v) is 2.19. The fourth-order valence-corrected chi connectivity index (χ4v) is 0.435. The zero-order valence-corrected chi connectivity index (χ0v) is 5.49. The number of nitrogens with one attached hydrogen (secondary N) is 1. The van der Waals surface area contributed by atoms with E-state index in [0.717, 1.165) is 6.92 Å². The summed E-state index contributed by atoms with van der Waals surface area (Å²) < 4.78 is 23.4. The van der Waals surface area contributed by atoms with Crippen molar-refractivity contribution < 1.29 is 13.9 Å². The van der Waals surface area contributed by atoms with Gasteiger partial charge in [-0.2, -0.15) is 0 Å². The van der Waals surface area contributed by atoms with E-state index in [1.54, 1.807) is 0 Å². The molecular weight excluding hydrogens is 128 g/mol. The molecule has 0 aromatic carbocycles. The first-order valence-electron chi connectivity index (χ1n) is 2.66. The zero-order valence-electron chi connectivity index (χ0n) is 5.49. The highest BCUT2D eigenvalue weighted by molar-refractivity contribution is 4.76. The third kappa shape index (κ3) is 2.72. The Kier molecular flexibility index (Phi) is 3.00. The summed E-state index contributed by atoms with van der Waals surface area (Å²) in [7, 11) is 1.51. The van der Waals surface area contributed by atoms with Crippen molar-refractivity contribution in [1.82, 2.24) is 5.32 Å². The normalized spacial score (nSPS) is 18.0. The maximum atomic E-state index is 11.7. The van der Waals surface area contributed by atoms with E-state index in [-0.39, 0.29) is 6.54 Å². The highest BCUT2D eigenvalue weighted by atomic mass is 19.3. The molecular formula is C5H11F2NO. The number of aliphatic hydroxyl groups is 1. The molecule has 56 valence electrons. The fourth-order valence-electron chi connectivity index (χ4n) is 0.435. The second-order valence-electron chi connectivity index (χ2n) is 2.19. The van der Waals surface area contributed by atoms with Gasteiger partial charge < -0.3 is 10.4 Å². The summed E-state index contributed by atoms with van der Waals surface area (Å²) in [4.78, 5) is 0. The summed E-state index contributed by atoms with van der Waals surface area (Å²) in [5, 5.41) is 11.2. The summed E-state index contributed by atoms with van der Waals surface area (Å²) in [6, 6.07) is 0. The number of likely N-dealkylation sites (N-methyl/N-ethyl adjacent to an activating group) is 1. The van der Waals surface area contributed by atoms with Crippen LogP contribution >= 0.6 is 0 Å².